The summed E-state index contributed by atoms with van der Waals surface area (Å²) in [5.41, 5.74) is 0.181. The average Bonchev–Trinajstić information content (AvgIpc) is 2.35. The van der Waals surface area contributed by atoms with Crippen molar-refractivity contribution in [1.29, 1.82) is 0 Å². The van der Waals surface area contributed by atoms with E-state index in [1.807, 2.05) is 6.26 Å². The van der Waals surface area contributed by atoms with E-state index in [2.05, 4.69) is 5.32 Å². The van der Waals surface area contributed by atoms with Crippen molar-refractivity contribution in [2.24, 2.45) is 0 Å². The second-order valence-corrected chi connectivity index (χ2v) is 5.16. The topological polar surface area (TPSA) is 86.6 Å². The Balaban J connectivity index is 2.97. The zero-order chi connectivity index (χ0) is 14.6. The average molecular weight is 304 g/mol. The highest BCUT2D eigenvalue weighted by Crippen LogP contribution is 2.23. The SMILES string of the molecule is CSc1ccc(Cl)c(C(=O)N[C@@H](C(=O)O)[C@@H](C)O)c1. The van der Waals surface area contributed by atoms with E-state index in [1.165, 1.54) is 18.7 Å². The van der Waals surface area contributed by atoms with Gasteiger partial charge in [-0.05, 0) is 31.4 Å². The maximum absolute atomic E-state index is 12.0. The molecule has 0 heterocycles. The van der Waals surface area contributed by atoms with Gasteiger partial charge in [0, 0.05) is 4.90 Å². The van der Waals surface area contributed by atoms with Crippen molar-refractivity contribution >= 4 is 35.2 Å². The number of rotatable bonds is 5. The predicted octanol–water partition coefficient (Wildman–Crippen LogP) is 1.63. The minimum atomic E-state index is -1.37. The lowest BCUT2D eigenvalue weighted by Gasteiger charge is -2.17. The summed E-state index contributed by atoms with van der Waals surface area (Å²) in [5, 5.41) is 20.7. The third-order valence-electron chi connectivity index (χ3n) is 2.45. The highest BCUT2D eigenvalue weighted by atomic mass is 35.5. The van der Waals surface area contributed by atoms with Crippen LogP contribution in [0.25, 0.3) is 0 Å². The number of halogens is 1. The normalized spacial score (nSPS) is 13.7. The molecule has 0 aliphatic rings. The molecule has 1 aromatic carbocycles. The minimum Gasteiger partial charge on any atom is -0.480 e. The number of aliphatic hydroxyl groups excluding tert-OH is 1. The summed E-state index contributed by atoms with van der Waals surface area (Å²) in [4.78, 5) is 23.7. The Kier molecular flexibility index (Phi) is 5.65. The molecule has 2 atom stereocenters. The van der Waals surface area contributed by atoms with Gasteiger partial charge in [-0.3, -0.25) is 4.79 Å². The van der Waals surface area contributed by atoms with Crippen LogP contribution in [-0.4, -0.2) is 40.5 Å². The van der Waals surface area contributed by atoms with E-state index in [1.54, 1.807) is 18.2 Å². The molecule has 0 saturated heterocycles. The highest BCUT2D eigenvalue weighted by Gasteiger charge is 2.26. The molecular formula is C12H14ClNO4S. The van der Waals surface area contributed by atoms with Gasteiger partial charge in [0.15, 0.2) is 6.04 Å². The summed E-state index contributed by atoms with van der Waals surface area (Å²) in [6.07, 6.45) is 0.643. The van der Waals surface area contributed by atoms with E-state index in [4.69, 9.17) is 16.7 Å². The standard InChI is InChI=1S/C12H14ClNO4S/c1-6(15)10(12(17)18)14-11(16)8-5-7(19-2)3-4-9(8)13/h3-6,10,15H,1-2H3,(H,14,16)(H,17,18)/t6-,10-/m1/s1. The van der Waals surface area contributed by atoms with Gasteiger partial charge in [0.2, 0.25) is 0 Å². The second-order valence-electron chi connectivity index (χ2n) is 3.88. The maximum atomic E-state index is 12.0. The molecule has 7 heteroatoms. The fraction of sp³-hybridized carbons (Fsp3) is 0.333. The first-order valence-corrected chi connectivity index (χ1v) is 7.02. The largest absolute Gasteiger partial charge is 0.480 e. The number of nitrogens with one attached hydrogen (secondary N) is 1. The van der Waals surface area contributed by atoms with Crippen LogP contribution in [0.5, 0.6) is 0 Å². The first-order chi connectivity index (χ1) is 8.86. The molecule has 104 valence electrons. The number of hydrogen-bond donors (Lipinski definition) is 3. The van der Waals surface area contributed by atoms with Crippen molar-refractivity contribution in [1.82, 2.24) is 5.32 Å². The van der Waals surface area contributed by atoms with Crippen molar-refractivity contribution in [3.05, 3.63) is 28.8 Å². The van der Waals surface area contributed by atoms with Crippen LogP contribution < -0.4 is 5.32 Å². The van der Waals surface area contributed by atoms with Crippen molar-refractivity contribution in [2.45, 2.75) is 24.0 Å². The van der Waals surface area contributed by atoms with Gasteiger partial charge in [-0.1, -0.05) is 11.6 Å². The Hall–Kier alpha value is -1.24. The lowest BCUT2D eigenvalue weighted by atomic mass is 10.1. The fourth-order valence-corrected chi connectivity index (χ4v) is 2.06. The molecule has 1 aromatic rings. The van der Waals surface area contributed by atoms with Crippen molar-refractivity contribution in [3.63, 3.8) is 0 Å². The molecule has 0 aliphatic heterocycles. The molecule has 0 aromatic heterocycles. The Morgan fingerprint density at radius 1 is 1.42 bits per heavy atom. The molecule has 0 fully saturated rings. The van der Waals surface area contributed by atoms with Crippen LogP contribution in [0.15, 0.2) is 23.1 Å². The maximum Gasteiger partial charge on any atom is 0.328 e. The smallest absolute Gasteiger partial charge is 0.328 e. The molecule has 19 heavy (non-hydrogen) atoms. The number of thioether (sulfide) groups is 1. The van der Waals surface area contributed by atoms with Crippen LogP contribution in [0.3, 0.4) is 0 Å². The monoisotopic (exact) mass is 303 g/mol. The first kappa shape index (κ1) is 15.8. The molecule has 3 N–H and O–H groups in total. The Labute approximate surface area is 120 Å². The zero-order valence-electron chi connectivity index (χ0n) is 10.4. The summed E-state index contributed by atoms with van der Waals surface area (Å²) in [6, 6.07) is 3.53. The summed E-state index contributed by atoms with van der Waals surface area (Å²) >= 11 is 7.35. The van der Waals surface area contributed by atoms with Gasteiger partial charge in [0.05, 0.1) is 16.7 Å². The van der Waals surface area contributed by atoms with Gasteiger partial charge >= 0.3 is 5.97 Å². The lowest BCUT2D eigenvalue weighted by Crippen LogP contribution is -2.47. The summed E-state index contributed by atoms with van der Waals surface area (Å²) in [5.74, 6) is -1.94. The molecule has 0 saturated carbocycles. The number of hydrogen-bond acceptors (Lipinski definition) is 4. The van der Waals surface area contributed by atoms with Crippen molar-refractivity contribution < 1.29 is 19.8 Å². The quantitative estimate of drug-likeness (QED) is 0.720. The van der Waals surface area contributed by atoms with Gasteiger partial charge < -0.3 is 15.5 Å². The molecule has 1 rings (SSSR count). The van der Waals surface area contributed by atoms with Crippen molar-refractivity contribution in [2.75, 3.05) is 6.26 Å². The summed E-state index contributed by atoms with van der Waals surface area (Å²) in [6.45, 7) is 1.29. The number of carbonyl (C=O) groups excluding carboxylic acids is 1. The molecule has 0 bridgehead atoms. The summed E-state index contributed by atoms with van der Waals surface area (Å²) in [7, 11) is 0. The molecule has 0 spiro atoms. The van der Waals surface area contributed by atoms with Gasteiger partial charge in [0.25, 0.3) is 5.91 Å². The minimum absolute atomic E-state index is 0.181. The Morgan fingerprint density at radius 2 is 2.05 bits per heavy atom. The van der Waals surface area contributed by atoms with Gasteiger partial charge in [0.1, 0.15) is 0 Å². The molecule has 0 unspecified atom stereocenters. The molecule has 1 amide bonds. The number of carboxylic acid groups (broad SMARTS) is 1. The number of carbonyl (C=O) groups is 2. The molecule has 0 radical (unpaired) electrons. The second kappa shape index (κ2) is 6.79. The lowest BCUT2D eigenvalue weighted by molar-refractivity contribution is -0.141. The van der Waals surface area contributed by atoms with E-state index in [0.29, 0.717) is 0 Å². The van der Waals surface area contributed by atoms with Crippen LogP contribution in [-0.2, 0) is 4.79 Å². The fourth-order valence-electron chi connectivity index (χ4n) is 1.41. The first-order valence-electron chi connectivity index (χ1n) is 5.42. The van der Waals surface area contributed by atoms with Crippen LogP contribution in [0, 0.1) is 0 Å². The zero-order valence-corrected chi connectivity index (χ0v) is 12.0. The van der Waals surface area contributed by atoms with Gasteiger partial charge in [-0.2, -0.15) is 0 Å². The number of carboxylic acids is 1. The predicted molar refractivity (Wildman–Crippen MR) is 73.8 cm³/mol. The van der Waals surface area contributed by atoms with E-state index >= 15 is 0 Å². The molecular weight excluding hydrogens is 290 g/mol. The van der Waals surface area contributed by atoms with Crippen LogP contribution in [0.4, 0.5) is 0 Å². The molecule has 5 nitrogen and oxygen atoms in total. The number of aliphatic carboxylic acids is 1. The van der Waals surface area contributed by atoms with Crippen LogP contribution in [0.1, 0.15) is 17.3 Å². The highest BCUT2D eigenvalue weighted by molar-refractivity contribution is 7.98. The van der Waals surface area contributed by atoms with Gasteiger partial charge in [-0.15, -0.1) is 11.8 Å². The number of aliphatic hydroxyl groups is 1. The third-order valence-corrected chi connectivity index (χ3v) is 3.51. The van der Waals surface area contributed by atoms with E-state index in [9.17, 15) is 14.7 Å². The van der Waals surface area contributed by atoms with Gasteiger partial charge in [-0.25, -0.2) is 4.79 Å². The third kappa shape index (κ3) is 4.12. The van der Waals surface area contributed by atoms with Crippen LogP contribution in [0.2, 0.25) is 5.02 Å². The Bertz CT molecular complexity index is 493. The summed E-state index contributed by atoms with van der Waals surface area (Å²) < 4.78 is 0. The molecule has 0 aliphatic carbocycles. The Morgan fingerprint density at radius 3 is 2.53 bits per heavy atom. The van der Waals surface area contributed by atoms with E-state index in [-0.39, 0.29) is 10.6 Å². The van der Waals surface area contributed by atoms with Crippen LogP contribution >= 0.6 is 23.4 Å². The van der Waals surface area contributed by atoms with E-state index in [0.717, 1.165) is 4.90 Å². The number of amides is 1. The van der Waals surface area contributed by atoms with Crippen molar-refractivity contribution in [3.8, 4) is 0 Å². The number of benzene rings is 1. The van der Waals surface area contributed by atoms with E-state index < -0.39 is 24.0 Å².